The standard InChI is InChI=1S/C17H12F4N2O2/c18-11-4-1-10(2-5-11)3-8-14(24)22-9-15(25)23-13-7-6-12(19)16(20)17(13)21/h1-8H,9H2,(H,22,24)(H,23,25). The molecule has 0 spiro atoms. The van der Waals surface area contributed by atoms with Gasteiger partial charge in [0, 0.05) is 6.08 Å². The van der Waals surface area contributed by atoms with Crippen LogP contribution >= 0.6 is 0 Å². The third-order valence-electron chi connectivity index (χ3n) is 3.03. The lowest BCUT2D eigenvalue weighted by Crippen LogP contribution is -2.32. The first kappa shape index (κ1) is 18.2. The molecule has 2 rings (SSSR count). The number of hydrogen-bond donors (Lipinski definition) is 2. The molecule has 25 heavy (non-hydrogen) atoms. The Morgan fingerprint density at radius 3 is 2.28 bits per heavy atom. The molecule has 0 heterocycles. The minimum atomic E-state index is -1.70. The molecular weight excluding hydrogens is 340 g/mol. The molecule has 2 aromatic carbocycles. The second-order valence-corrected chi connectivity index (χ2v) is 4.87. The van der Waals surface area contributed by atoms with Gasteiger partial charge in [-0.2, -0.15) is 0 Å². The number of halogens is 4. The molecule has 8 heteroatoms. The highest BCUT2D eigenvalue weighted by atomic mass is 19.2. The molecule has 0 radical (unpaired) electrons. The summed E-state index contributed by atoms with van der Waals surface area (Å²) in [4.78, 5) is 23.2. The van der Waals surface area contributed by atoms with Gasteiger partial charge < -0.3 is 10.6 Å². The van der Waals surface area contributed by atoms with E-state index < -0.39 is 47.3 Å². The summed E-state index contributed by atoms with van der Waals surface area (Å²) >= 11 is 0. The van der Waals surface area contributed by atoms with Crippen LogP contribution in [0.2, 0.25) is 0 Å². The second kappa shape index (κ2) is 8.09. The summed E-state index contributed by atoms with van der Waals surface area (Å²) in [5.74, 6) is -6.48. The molecule has 2 N–H and O–H groups in total. The lowest BCUT2D eigenvalue weighted by molar-refractivity contribution is -0.121. The summed E-state index contributed by atoms with van der Waals surface area (Å²) in [7, 11) is 0. The monoisotopic (exact) mass is 352 g/mol. The molecule has 0 aromatic heterocycles. The molecule has 2 aromatic rings. The molecule has 0 bridgehead atoms. The number of rotatable bonds is 5. The second-order valence-electron chi connectivity index (χ2n) is 4.87. The van der Waals surface area contributed by atoms with Gasteiger partial charge in [0.2, 0.25) is 11.8 Å². The maximum atomic E-state index is 13.4. The smallest absolute Gasteiger partial charge is 0.244 e. The van der Waals surface area contributed by atoms with Gasteiger partial charge in [0.05, 0.1) is 12.2 Å². The Labute approximate surface area is 140 Å². The van der Waals surface area contributed by atoms with Crippen LogP contribution in [0.15, 0.2) is 42.5 Å². The fraction of sp³-hybridized carbons (Fsp3) is 0.0588. The van der Waals surface area contributed by atoms with E-state index in [0.717, 1.165) is 12.1 Å². The van der Waals surface area contributed by atoms with Crippen LogP contribution in [0.5, 0.6) is 0 Å². The van der Waals surface area contributed by atoms with Crippen molar-refractivity contribution in [2.75, 3.05) is 11.9 Å². The maximum absolute atomic E-state index is 13.4. The normalized spacial score (nSPS) is 10.7. The van der Waals surface area contributed by atoms with E-state index in [4.69, 9.17) is 0 Å². The molecule has 0 aliphatic rings. The minimum absolute atomic E-state index is 0.414. The van der Waals surface area contributed by atoms with E-state index in [9.17, 15) is 27.2 Å². The van der Waals surface area contributed by atoms with Crippen molar-refractivity contribution < 1.29 is 27.2 Å². The molecule has 0 aliphatic carbocycles. The summed E-state index contributed by atoms with van der Waals surface area (Å²) in [5.41, 5.74) is 0.0323. The van der Waals surface area contributed by atoms with Gasteiger partial charge in [0.1, 0.15) is 5.82 Å². The molecule has 2 amide bonds. The van der Waals surface area contributed by atoms with Gasteiger partial charge in [-0.05, 0) is 35.9 Å². The summed E-state index contributed by atoms with van der Waals surface area (Å²) in [5, 5.41) is 4.24. The summed E-state index contributed by atoms with van der Waals surface area (Å²) < 4.78 is 52.0. The van der Waals surface area contributed by atoms with Crippen molar-refractivity contribution in [1.82, 2.24) is 5.32 Å². The Morgan fingerprint density at radius 1 is 0.920 bits per heavy atom. The van der Waals surface area contributed by atoms with Gasteiger partial charge in [-0.25, -0.2) is 17.6 Å². The Morgan fingerprint density at radius 2 is 1.60 bits per heavy atom. The zero-order valence-corrected chi connectivity index (χ0v) is 12.7. The molecule has 0 saturated carbocycles. The van der Waals surface area contributed by atoms with E-state index >= 15 is 0 Å². The summed E-state index contributed by atoms with van der Waals surface area (Å²) in [6, 6.07) is 6.89. The van der Waals surface area contributed by atoms with Crippen LogP contribution in [-0.4, -0.2) is 18.4 Å². The van der Waals surface area contributed by atoms with E-state index in [0.29, 0.717) is 11.6 Å². The molecular formula is C17H12F4N2O2. The maximum Gasteiger partial charge on any atom is 0.244 e. The van der Waals surface area contributed by atoms with Crippen LogP contribution < -0.4 is 10.6 Å². The highest BCUT2D eigenvalue weighted by molar-refractivity contribution is 5.98. The van der Waals surface area contributed by atoms with Gasteiger partial charge in [-0.3, -0.25) is 9.59 Å². The predicted molar refractivity (Wildman–Crippen MR) is 83.4 cm³/mol. The molecule has 4 nitrogen and oxygen atoms in total. The van der Waals surface area contributed by atoms with E-state index in [1.807, 2.05) is 5.32 Å². The molecule has 0 saturated heterocycles. The van der Waals surface area contributed by atoms with Gasteiger partial charge >= 0.3 is 0 Å². The Bertz CT molecular complexity index is 820. The zero-order chi connectivity index (χ0) is 18.4. The Balaban J connectivity index is 1.86. The molecule has 0 unspecified atom stereocenters. The lowest BCUT2D eigenvalue weighted by Gasteiger charge is -2.07. The number of carbonyl (C=O) groups is 2. The minimum Gasteiger partial charge on any atom is -0.343 e. The number of carbonyl (C=O) groups excluding carboxylic acids is 2. The van der Waals surface area contributed by atoms with Crippen LogP contribution in [0, 0.1) is 23.3 Å². The van der Waals surface area contributed by atoms with E-state index in [2.05, 4.69) is 5.32 Å². The zero-order valence-electron chi connectivity index (χ0n) is 12.7. The SMILES string of the molecule is O=C(C=Cc1ccc(F)cc1)NCC(=O)Nc1ccc(F)c(F)c1F. The van der Waals surface area contributed by atoms with Crippen molar-refractivity contribution in [2.24, 2.45) is 0 Å². The van der Waals surface area contributed by atoms with Crippen LogP contribution in [0.3, 0.4) is 0 Å². The third-order valence-corrected chi connectivity index (χ3v) is 3.03. The lowest BCUT2D eigenvalue weighted by atomic mass is 10.2. The third kappa shape index (κ3) is 5.17. The van der Waals surface area contributed by atoms with Crippen LogP contribution in [0.25, 0.3) is 6.08 Å². The molecule has 130 valence electrons. The van der Waals surface area contributed by atoms with Gasteiger partial charge in [0.15, 0.2) is 17.5 Å². The van der Waals surface area contributed by atoms with Crippen LogP contribution in [-0.2, 0) is 9.59 Å². The van der Waals surface area contributed by atoms with Crippen molar-refractivity contribution >= 4 is 23.6 Å². The van der Waals surface area contributed by atoms with Gasteiger partial charge in [-0.1, -0.05) is 12.1 Å². The van der Waals surface area contributed by atoms with Crippen LogP contribution in [0.4, 0.5) is 23.2 Å². The average molecular weight is 352 g/mol. The van der Waals surface area contributed by atoms with Gasteiger partial charge in [-0.15, -0.1) is 0 Å². The highest BCUT2D eigenvalue weighted by Gasteiger charge is 2.15. The fourth-order valence-corrected chi connectivity index (χ4v) is 1.79. The molecule has 0 aliphatic heterocycles. The van der Waals surface area contributed by atoms with Gasteiger partial charge in [0.25, 0.3) is 0 Å². The summed E-state index contributed by atoms with van der Waals surface area (Å²) in [6.45, 7) is -0.509. The quantitative estimate of drug-likeness (QED) is 0.494. The largest absolute Gasteiger partial charge is 0.343 e. The Kier molecular flexibility index (Phi) is 5.89. The number of anilines is 1. The Hall–Kier alpha value is -3.16. The van der Waals surface area contributed by atoms with Crippen molar-refractivity contribution in [3.63, 3.8) is 0 Å². The fourth-order valence-electron chi connectivity index (χ4n) is 1.79. The van der Waals surface area contributed by atoms with Crippen LogP contribution in [0.1, 0.15) is 5.56 Å². The first-order chi connectivity index (χ1) is 11.9. The molecule has 0 atom stereocenters. The first-order valence-electron chi connectivity index (χ1n) is 7.01. The highest BCUT2D eigenvalue weighted by Crippen LogP contribution is 2.19. The number of benzene rings is 2. The van der Waals surface area contributed by atoms with E-state index in [1.165, 1.54) is 30.3 Å². The number of hydrogen-bond acceptors (Lipinski definition) is 2. The van der Waals surface area contributed by atoms with Crippen molar-refractivity contribution in [2.45, 2.75) is 0 Å². The van der Waals surface area contributed by atoms with Crippen molar-refractivity contribution in [3.05, 3.63) is 71.3 Å². The van der Waals surface area contributed by atoms with Crippen molar-refractivity contribution in [1.29, 1.82) is 0 Å². The molecule has 0 fully saturated rings. The van der Waals surface area contributed by atoms with E-state index in [-0.39, 0.29) is 0 Å². The summed E-state index contributed by atoms with van der Waals surface area (Å²) in [6.07, 6.45) is 2.53. The predicted octanol–water partition coefficient (Wildman–Crippen LogP) is 3.01. The number of nitrogens with one attached hydrogen (secondary N) is 2. The topological polar surface area (TPSA) is 58.2 Å². The number of amides is 2. The average Bonchev–Trinajstić information content (AvgIpc) is 2.60. The van der Waals surface area contributed by atoms with Crippen molar-refractivity contribution in [3.8, 4) is 0 Å². The van der Waals surface area contributed by atoms with E-state index in [1.54, 1.807) is 0 Å². The first-order valence-corrected chi connectivity index (χ1v) is 7.01.